The van der Waals surface area contributed by atoms with E-state index in [0.717, 1.165) is 17.8 Å². The van der Waals surface area contributed by atoms with Crippen molar-refractivity contribution in [3.8, 4) is 0 Å². The number of hydrogen-bond acceptors (Lipinski definition) is 3. The Kier molecular flexibility index (Phi) is 3.07. The number of methoxy groups -OCH3 is 1. The van der Waals surface area contributed by atoms with Gasteiger partial charge in [0.25, 0.3) is 0 Å². The fraction of sp³-hybridized carbons (Fsp3) is 0.571. The smallest absolute Gasteiger partial charge is 0.0648 e. The first-order chi connectivity index (χ1) is 5.36. The van der Waals surface area contributed by atoms with E-state index in [-0.39, 0.29) is 0 Å². The van der Waals surface area contributed by atoms with Gasteiger partial charge < -0.3 is 10.5 Å². The summed E-state index contributed by atoms with van der Waals surface area (Å²) in [7, 11) is 1.68. The van der Waals surface area contributed by atoms with Crippen LogP contribution in [-0.4, -0.2) is 23.9 Å². The second kappa shape index (κ2) is 4.10. The Labute approximate surface area is 65.7 Å². The molecule has 1 aromatic rings. The van der Waals surface area contributed by atoms with E-state index in [1.165, 1.54) is 0 Å². The minimum absolute atomic E-state index is 0.514. The molecule has 0 aliphatic carbocycles. The molecule has 62 valence electrons. The molecule has 0 aliphatic rings. The minimum atomic E-state index is 0.514. The molecule has 1 rings (SSSR count). The molecule has 0 saturated heterocycles. The van der Waals surface area contributed by atoms with Gasteiger partial charge in [-0.05, 0) is 6.07 Å². The maximum Gasteiger partial charge on any atom is 0.0648 e. The molecule has 0 saturated carbocycles. The van der Waals surface area contributed by atoms with Crippen LogP contribution in [0.3, 0.4) is 0 Å². The number of H-pyrrole nitrogens is 1. The van der Waals surface area contributed by atoms with Crippen molar-refractivity contribution >= 4 is 0 Å². The van der Waals surface area contributed by atoms with Gasteiger partial charge in [-0.3, -0.25) is 5.10 Å². The van der Waals surface area contributed by atoms with Crippen LogP contribution in [0.25, 0.3) is 0 Å². The number of aromatic nitrogens is 2. The lowest BCUT2D eigenvalue weighted by atomic mass is 10.3. The monoisotopic (exact) mass is 155 g/mol. The van der Waals surface area contributed by atoms with Crippen LogP contribution < -0.4 is 5.73 Å². The summed E-state index contributed by atoms with van der Waals surface area (Å²) >= 11 is 0. The van der Waals surface area contributed by atoms with Gasteiger partial charge in [0.2, 0.25) is 0 Å². The number of nitrogens with zero attached hydrogens (tertiary/aromatic N) is 1. The van der Waals surface area contributed by atoms with Gasteiger partial charge in [-0.2, -0.15) is 5.10 Å². The van der Waals surface area contributed by atoms with Crippen LogP contribution in [0.4, 0.5) is 0 Å². The number of aromatic amines is 1. The zero-order chi connectivity index (χ0) is 8.10. The standard InChI is InChI=1S/C7H13N3O/c1-11-3-2-6-4-7(5-8)10-9-6/h4H,2-3,5,8H2,1H3,(H,9,10). The molecular weight excluding hydrogens is 142 g/mol. The lowest BCUT2D eigenvalue weighted by molar-refractivity contribution is 0.201. The summed E-state index contributed by atoms with van der Waals surface area (Å²) in [5.41, 5.74) is 7.36. The third-order valence-electron chi connectivity index (χ3n) is 1.47. The van der Waals surface area contributed by atoms with Crippen LogP contribution in [0.2, 0.25) is 0 Å². The SMILES string of the molecule is COCCc1cc(CN)[nH]n1. The van der Waals surface area contributed by atoms with Crippen LogP contribution in [-0.2, 0) is 17.7 Å². The molecule has 0 radical (unpaired) electrons. The van der Waals surface area contributed by atoms with Crippen LogP contribution in [0.15, 0.2) is 6.07 Å². The second-order valence-electron chi connectivity index (χ2n) is 2.33. The normalized spacial score (nSPS) is 10.4. The molecule has 0 aliphatic heterocycles. The zero-order valence-corrected chi connectivity index (χ0v) is 6.63. The maximum absolute atomic E-state index is 5.39. The van der Waals surface area contributed by atoms with Crippen LogP contribution in [0.1, 0.15) is 11.4 Å². The van der Waals surface area contributed by atoms with Gasteiger partial charge in [0.05, 0.1) is 12.3 Å². The Hall–Kier alpha value is -0.870. The van der Waals surface area contributed by atoms with Crippen molar-refractivity contribution in [1.29, 1.82) is 0 Å². The summed E-state index contributed by atoms with van der Waals surface area (Å²) < 4.78 is 4.90. The van der Waals surface area contributed by atoms with Crippen molar-refractivity contribution in [2.75, 3.05) is 13.7 Å². The molecule has 0 unspecified atom stereocenters. The molecular formula is C7H13N3O. The number of rotatable bonds is 4. The van der Waals surface area contributed by atoms with E-state index in [1.807, 2.05) is 6.07 Å². The molecule has 1 heterocycles. The lowest BCUT2D eigenvalue weighted by Gasteiger charge is -1.91. The molecule has 0 aromatic carbocycles. The first-order valence-corrected chi connectivity index (χ1v) is 3.59. The number of nitrogens with two attached hydrogens (primary N) is 1. The fourth-order valence-corrected chi connectivity index (χ4v) is 0.849. The molecule has 0 atom stereocenters. The van der Waals surface area contributed by atoms with Crippen LogP contribution in [0.5, 0.6) is 0 Å². The van der Waals surface area contributed by atoms with Gasteiger partial charge in [-0.25, -0.2) is 0 Å². The first-order valence-electron chi connectivity index (χ1n) is 3.59. The Bertz CT molecular complexity index is 209. The van der Waals surface area contributed by atoms with Crippen molar-refractivity contribution in [2.24, 2.45) is 5.73 Å². The van der Waals surface area contributed by atoms with E-state index in [1.54, 1.807) is 7.11 Å². The highest BCUT2D eigenvalue weighted by atomic mass is 16.5. The van der Waals surface area contributed by atoms with E-state index in [2.05, 4.69) is 10.2 Å². The molecule has 1 aromatic heterocycles. The molecule has 4 heteroatoms. The summed E-state index contributed by atoms with van der Waals surface area (Å²) in [4.78, 5) is 0. The molecule has 0 bridgehead atoms. The van der Waals surface area contributed by atoms with Gasteiger partial charge in [0.15, 0.2) is 0 Å². The quantitative estimate of drug-likeness (QED) is 0.646. The molecule has 0 spiro atoms. The van der Waals surface area contributed by atoms with E-state index >= 15 is 0 Å². The Morgan fingerprint density at radius 1 is 1.73 bits per heavy atom. The van der Waals surface area contributed by atoms with E-state index in [4.69, 9.17) is 10.5 Å². The lowest BCUT2D eigenvalue weighted by Crippen LogP contribution is -1.95. The van der Waals surface area contributed by atoms with Crippen molar-refractivity contribution < 1.29 is 4.74 Å². The summed E-state index contributed by atoms with van der Waals surface area (Å²) in [6, 6.07) is 1.96. The van der Waals surface area contributed by atoms with E-state index in [9.17, 15) is 0 Å². The fourth-order valence-electron chi connectivity index (χ4n) is 0.849. The van der Waals surface area contributed by atoms with E-state index < -0.39 is 0 Å². The Morgan fingerprint density at radius 2 is 2.55 bits per heavy atom. The summed E-state index contributed by atoms with van der Waals surface area (Å²) in [5.74, 6) is 0. The zero-order valence-electron chi connectivity index (χ0n) is 6.63. The second-order valence-corrected chi connectivity index (χ2v) is 2.33. The summed E-state index contributed by atoms with van der Waals surface area (Å²) in [6.45, 7) is 1.22. The molecule has 0 fully saturated rings. The largest absolute Gasteiger partial charge is 0.384 e. The average molecular weight is 155 g/mol. The van der Waals surface area contributed by atoms with Crippen molar-refractivity contribution in [3.05, 3.63) is 17.5 Å². The van der Waals surface area contributed by atoms with Gasteiger partial charge >= 0.3 is 0 Å². The van der Waals surface area contributed by atoms with Gasteiger partial charge in [0, 0.05) is 25.8 Å². The summed E-state index contributed by atoms with van der Waals surface area (Å²) in [6.07, 6.45) is 0.840. The summed E-state index contributed by atoms with van der Waals surface area (Å²) in [5, 5.41) is 6.87. The third-order valence-corrected chi connectivity index (χ3v) is 1.47. The topological polar surface area (TPSA) is 63.9 Å². The van der Waals surface area contributed by atoms with Gasteiger partial charge in [-0.15, -0.1) is 0 Å². The van der Waals surface area contributed by atoms with E-state index in [0.29, 0.717) is 13.2 Å². The minimum Gasteiger partial charge on any atom is -0.384 e. The molecule has 3 N–H and O–H groups in total. The van der Waals surface area contributed by atoms with Crippen molar-refractivity contribution in [1.82, 2.24) is 10.2 Å². The number of hydrogen-bond donors (Lipinski definition) is 2. The van der Waals surface area contributed by atoms with Crippen LogP contribution >= 0.6 is 0 Å². The molecule has 11 heavy (non-hydrogen) atoms. The predicted molar refractivity (Wildman–Crippen MR) is 42.1 cm³/mol. The average Bonchev–Trinajstić information content (AvgIpc) is 2.48. The van der Waals surface area contributed by atoms with Gasteiger partial charge in [-0.1, -0.05) is 0 Å². The van der Waals surface area contributed by atoms with Crippen LogP contribution in [0, 0.1) is 0 Å². The highest BCUT2D eigenvalue weighted by molar-refractivity contribution is 5.08. The first kappa shape index (κ1) is 8.23. The van der Waals surface area contributed by atoms with Crippen molar-refractivity contribution in [3.63, 3.8) is 0 Å². The highest BCUT2D eigenvalue weighted by Crippen LogP contribution is 1.98. The highest BCUT2D eigenvalue weighted by Gasteiger charge is 1.97. The van der Waals surface area contributed by atoms with Gasteiger partial charge in [0.1, 0.15) is 0 Å². The molecule has 0 amide bonds. The Morgan fingerprint density at radius 3 is 3.09 bits per heavy atom. The van der Waals surface area contributed by atoms with Crippen molar-refractivity contribution in [2.45, 2.75) is 13.0 Å². The number of nitrogens with one attached hydrogen (secondary N) is 1. The predicted octanol–water partition coefficient (Wildman–Crippen LogP) is 0.0573. The Balaban J connectivity index is 2.44. The third kappa shape index (κ3) is 2.32. The molecule has 4 nitrogen and oxygen atoms in total. The maximum atomic E-state index is 5.39. The number of ether oxygens (including phenoxy) is 1.